The Hall–Kier alpha value is -1.69. The quantitative estimate of drug-likeness (QED) is 0.674. The van der Waals surface area contributed by atoms with Gasteiger partial charge in [0.05, 0.1) is 0 Å². The van der Waals surface area contributed by atoms with Crippen LogP contribution in [0.3, 0.4) is 0 Å². The Morgan fingerprint density at radius 1 is 1.56 bits per heavy atom. The minimum atomic E-state index is -0.269. The van der Waals surface area contributed by atoms with Gasteiger partial charge >= 0.3 is 0 Å². The smallest absolute Gasteiger partial charge is 0.251 e. The molecular formula is C12H12FN3OS. The summed E-state index contributed by atoms with van der Waals surface area (Å²) in [5, 5.41) is 0.488. The lowest BCUT2D eigenvalue weighted by Crippen LogP contribution is -2.08. The maximum Gasteiger partial charge on any atom is 0.251 e. The van der Waals surface area contributed by atoms with E-state index < -0.39 is 0 Å². The Morgan fingerprint density at radius 3 is 3.17 bits per heavy atom. The van der Waals surface area contributed by atoms with Crippen molar-refractivity contribution in [1.29, 1.82) is 0 Å². The molecule has 1 aromatic heterocycles. The Labute approximate surface area is 108 Å². The van der Waals surface area contributed by atoms with E-state index in [1.54, 1.807) is 13.1 Å². The number of aryl methyl sites for hydroxylation is 1. The molecule has 1 N–H and O–H groups in total. The van der Waals surface area contributed by atoms with Crippen molar-refractivity contribution in [3.63, 3.8) is 0 Å². The molecule has 1 aromatic rings. The monoisotopic (exact) mass is 265 g/mol. The number of rotatable bonds is 3. The second-order valence-corrected chi connectivity index (χ2v) is 4.72. The summed E-state index contributed by atoms with van der Waals surface area (Å²) in [7, 11) is 0. The Balaban J connectivity index is 2.09. The predicted molar refractivity (Wildman–Crippen MR) is 70.7 cm³/mol. The van der Waals surface area contributed by atoms with E-state index in [0.717, 1.165) is 0 Å². The van der Waals surface area contributed by atoms with E-state index in [9.17, 15) is 9.18 Å². The van der Waals surface area contributed by atoms with Crippen LogP contribution in [0, 0.1) is 6.92 Å². The first-order chi connectivity index (χ1) is 8.65. The summed E-state index contributed by atoms with van der Waals surface area (Å²) in [4.78, 5) is 22.0. The molecular weight excluding hydrogens is 253 g/mol. The molecule has 94 valence electrons. The molecule has 0 atom stereocenters. The first-order valence-corrected chi connectivity index (χ1v) is 6.41. The number of nitrogens with one attached hydrogen (secondary N) is 1. The summed E-state index contributed by atoms with van der Waals surface area (Å²) >= 11 is 1.28. The van der Waals surface area contributed by atoms with Gasteiger partial charge in [0.25, 0.3) is 5.56 Å². The van der Waals surface area contributed by atoms with Crippen molar-refractivity contribution in [3.05, 3.63) is 45.8 Å². The summed E-state index contributed by atoms with van der Waals surface area (Å²) in [6.07, 6.45) is 5.12. The summed E-state index contributed by atoms with van der Waals surface area (Å²) < 4.78 is 13.6. The minimum absolute atomic E-state index is 0.200. The van der Waals surface area contributed by atoms with Crippen LogP contribution in [0.2, 0.25) is 0 Å². The van der Waals surface area contributed by atoms with Crippen molar-refractivity contribution in [2.75, 3.05) is 5.75 Å². The molecule has 0 radical (unpaired) electrons. The summed E-state index contributed by atoms with van der Waals surface area (Å²) in [6.45, 7) is 1.75. The summed E-state index contributed by atoms with van der Waals surface area (Å²) in [5.41, 5.74) is 0.942. The van der Waals surface area contributed by atoms with Gasteiger partial charge in [0, 0.05) is 41.9 Å². The number of hydrogen-bond acceptors (Lipinski definition) is 4. The van der Waals surface area contributed by atoms with E-state index in [1.165, 1.54) is 30.1 Å². The zero-order valence-electron chi connectivity index (χ0n) is 9.81. The highest BCUT2D eigenvalue weighted by Gasteiger charge is 2.08. The van der Waals surface area contributed by atoms with Gasteiger partial charge in [-0.25, -0.2) is 9.37 Å². The molecule has 0 unspecified atom stereocenters. The number of aliphatic imine (C=N–C) groups is 1. The van der Waals surface area contributed by atoms with Gasteiger partial charge in [0.15, 0.2) is 5.16 Å². The van der Waals surface area contributed by atoms with Crippen LogP contribution >= 0.6 is 11.8 Å². The highest BCUT2D eigenvalue weighted by molar-refractivity contribution is 7.99. The van der Waals surface area contributed by atoms with Crippen molar-refractivity contribution in [1.82, 2.24) is 9.97 Å². The van der Waals surface area contributed by atoms with Gasteiger partial charge in [-0.2, -0.15) is 0 Å². The molecule has 0 aromatic carbocycles. The first-order valence-electron chi connectivity index (χ1n) is 5.42. The maximum atomic E-state index is 13.6. The third-order valence-corrected chi connectivity index (χ3v) is 3.18. The van der Waals surface area contributed by atoms with Crippen molar-refractivity contribution in [2.45, 2.75) is 18.5 Å². The molecule has 2 heterocycles. The number of H-pyrrole nitrogens is 1. The molecule has 1 aliphatic rings. The van der Waals surface area contributed by atoms with E-state index in [-0.39, 0.29) is 11.4 Å². The fraction of sp³-hybridized carbons (Fsp3) is 0.250. The van der Waals surface area contributed by atoms with Crippen LogP contribution in [0.5, 0.6) is 0 Å². The Kier molecular flexibility index (Phi) is 4.09. The second kappa shape index (κ2) is 5.77. The number of hydrogen-bond donors (Lipinski definition) is 1. The number of halogens is 1. The fourth-order valence-corrected chi connectivity index (χ4v) is 2.31. The molecule has 6 heteroatoms. The van der Waals surface area contributed by atoms with Crippen molar-refractivity contribution in [3.8, 4) is 0 Å². The van der Waals surface area contributed by atoms with Crippen LogP contribution in [0.15, 0.2) is 44.7 Å². The standard InChI is InChI=1S/C12H12FN3OS/c1-8-5-11(17)16-12(15-8)18-7-9-6-14-4-2-3-10(9)13/h3-6H,2,7H2,1H3,(H,15,16,17). The first kappa shape index (κ1) is 12.8. The highest BCUT2D eigenvalue weighted by atomic mass is 32.2. The van der Waals surface area contributed by atoms with Gasteiger partial charge in [0.2, 0.25) is 0 Å². The molecule has 0 spiro atoms. The predicted octanol–water partition coefficient (Wildman–Crippen LogP) is 2.38. The molecule has 0 fully saturated rings. The molecule has 0 saturated carbocycles. The van der Waals surface area contributed by atoms with Gasteiger partial charge < -0.3 is 4.98 Å². The van der Waals surface area contributed by atoms with Crippen LogP contribution < -0.4 is 5.56 Å². The van der Waals surface area contributed by atoms with E-state index in [4.69, 9.17) is 0 Å². The van der Waals surface area contributed by atoms with E-state index in [0.29, 0.717) is 28.6 Å². The van der Waals surface area contributed by atoms with Crippen LogP contribution in [0.4, 0.5) is 4.39 Å². The zero-order chi connectivity index (χ0) is 13.0. The average molecular weight is 265 g/mol. The molecule has 0 bridgehead atoms. The van der Waals surface area contributed by atoms with E-state index >= 15 is 0 Å². The summed E-state index contributed by atoms with van der Waals surface area (Å²) in [5.74, 6) is 0.113. The van der Waals surface area contributed by atoms with Gasteiger partial charge in [-0.1, -0.05) is 11.8 Å². The normalized spacial score (nSPS) is 15.0. The highest BCUT2D eigenvalue weighted by Crippen LogP contribution is 2.22. The molecule has 4 nitrogen and oxygen atoms in total. The van der Waals surface area contributed by atoms with Gasteiger partial charge in [0.1, 0.15) is 5.83 Å². The van der Waals surface area contributed by atoms with Crippen molar-refractivity contribution < 1.29 is 4.39 Å². The molecule has 0 amide bonds. The molecule has 2 rings (SSSR count). The number of allylic oxidation sites excluding steroid dienone is 2. The Morgan fingerprint density at radius 2 is 2.39 bits per heavy atom. The number of thioether (sulfide) groups is 1. The maximum absolute atomic E-state index is 13.6. The lowest BCUT2D eigenvalue weighted by Gasteiger charge is -2.03. The molecule has 0 aliphatic carbocycles. The number of aromatic nitrogens is 2. The Bertz CT molecular complexity index is 589. The lowest BCUT2D eigenvalue weighted by atomic mass is 10.2. The van der Waals surface area contributed by atoms with Gasteiger partial charge in [-0.05, 0) is 13.0 Å². The zero-order valence-corrected chi connectivity index (χ0v) is 10.6. The molecule has 1 aliphatic heterocycles. The van der Waals surface area contributed by atoms with E-state index in [2.05, 4.69) is 15.0 Å². The third kappa shape index (κ3) is 3.40. The average Bonchev–Trinajstić information content (AvgIpc) is 2.50. The molecule has 0 saturated heterocycles. The topological polar surface area (TPSA) is 58.1 Å². The van der Waals surface area contributed by atoms with Gasteiger partial charge in [-0.15, -0.1) is 0 Å². The van der Waals surface area contributed by atoms with Crippen LogP contribution in [0.1, 0.15) is 12.1 Å². The van der Waals surface area contributed by atoms with E-state index in [1.807, 2.05) is 0 Å². The second-order valence-electron chi connectivity index (χ2n) is 3.75. The van der Waals surface area contributed by atoms with Crippen LogP contribution in [0.25, 0.3) is 0 Å². The minimum Gasteiger partial charge on any atom is -0.301 e. The fourth-order valence-electron chi connectivity index (χ4n) is 1.42. The van der Waals surface area contributed by atoms with Crippen molar-refractivity contribution >= 4 is 18.0 Å². The summed E-state index contributed by atoms with van der Waals surface area (Å²) in [6, 6.07) is 1.42. The SMILES string of the molecule is Cc1cc(=O)[nH]c(SCC2=CN=CCC=C2F)n1. The molecule has 18 heavy (non-hydrogen) atoms. The van der Waals surface area contributed by atoms with Crippen LogP contribution in [-0.4, -0.2) is 21.9 Å². The van der Waals surface area contributed by atoms with Crippen molar-refractivity contribution in [2.24, 2.45) is 4.99 Å². The largest absolute Gasteiger partial charge is 0.301 e. The number of nitrogens with zero attached hydrogens (tertiary/aromatic N) is 2. The van der Waals surface area contributed by atoms with Crippen LogP contribution in [-0.2, 0) is 0 Å². The third-order valence-electron chi connectivity index (χ3n) is 2.26. The van der Waals surface area contributed by atoms with Gasteiger partial charge in [-0.3, -0.25) is 9.79 Å². The number of aromatic amines is 1. The lowest BCUT2D eigenvalue weighted by molar-refractivity contribution is 0.649.